The van der Waals surface area contributed by atoms with Crippen LogP contribution in [0.5, 0.6) is 5.75 Å². The molecule has 1 aliphatic heterocycles. The van der Waals surface area contributed by atoms with Crippen molar-refractivity contribution >= 4 is 34.2 Å². The Morgan fingerprint density at radius 3 is 2.89 bits per heavy atom. The Hall–Kier alpha value is -1.11. The Labute approximate surface area is 119 Å². The lowest BCUT2D eigenvalue weighted by atomic mass is 10.0. The van der Waals surface area contributed by atoms with E-state index in [-0.39, 0.29) is 15.6 Å². The highest BCUT2D eigenvalue weighted by Crippen LogP contribution is 2.34. The number of hydrogen-bond donors (Lipinski definition) is 0. The van der Waals surface area contributed by atoms with Crippen molar-refractivity contribution in [2.45, 2.75) is 10.3 Å². The molecule has 0 aliphatic carbocycles. The fraction of sp³-hybridized carbons (Fsp3) is 0.308. The van der Waals surface area contributed by atoms with Gasteiger partial charge in [0.15, 0.2) is 0 Å². The molecular formula is C13H13FINO2. The zero-order valence-corrected chi connectivity index (χ0v) is 12.3. The molecule has 1 amide bonds. The average molecular weight is 361 g/mol. The zero-order valence-electron chi connectivity index (χ0n) is 10.1. The van der Waals surface area contributed by atoms with Gasteiger partial charge in [0.05, 0.1) is 22.3 Å². The molecule has 0 aromatic heterocycles. The van der Waals surface area contributed by atoms with Gasteiger partial charge in [-0.05, 0) is 18.6 Å². The van der Waals surface area contributed by atoms with Crippen LogP contribution in [0.1, 0.15) is 12.0 Å². The quantitative estimate of drug-likeness (QED) is 0.599. The summed E-state index contributed by atoms with van der Waals surface area (Å²) < 4.78 is 19.0. The molecule has 3 nitrogen and oxygen atoms in total. The van der Waals surface area contributed by atoms with E-state index in [4.69, 9.17) is 4.74 Å². The van der Waals surface area contributed by atoms with Gasteiger partial charge in [0.25, 0.3) is 0 Å². The van der Waals surface area contributed by atoms with Crippen LogP contribution in [0, 0.1) is 5.82 Å². The number of allylic oxidation sites excluding steroid dienone is 1. The smallest absolute Gasteiger partial charge is 0.240 e. The van der Waals surface area contributed by atoms with Crippen LogP contribution in [0.15, 0.2) is 24.3 Å². The monoisotopic (exact) mass is 361 g/mol. The Morgan fingerprint density at radius 2 is 2.22 bits per heavy atom. The number of carbonyl (C=O) groups excluding carboxylic acids is 1. The first-order chi connectivity index (χ1) is 8.56. The number of halogens is 2. The molecule has 96 valence electrons. The minimum Gasteiger partial charge on any atom is -0.496 e. The number of rotatable bonds is 2. The predicted octanol–water partition coefficient (Wildman–Crippen LogP) is 2.84. The molecule has 0 saturated heterocycles. The van der Waals surface area contributed by atoms with Crippen LogP contribution in [0.3, 0.4) is 0 Å². The Morgan fingerprint density at radius 1 is 1.50 bits per heavy atom. The molecule has 1 atom stereocenters. The first-order valence-electron chi connectivity index (χ1n) is 5.51. The van der Waals surface area contributed by atoms with Gasteiger partial charge >= 0.3 is 0 Å². The summed E-state index contributed by atoms with van der Waals surface area (Å²) in [5, 5.41) is 0. The van der Waals surface area contributed by atoms with Crippen molar-refractivity contribution in [3.05, 3.63) is 35.7 Å². The highest BCUT2D eigenvalue weighted by molar-refractivity contribution is 14.1. The third-order valence-corrected chi connectivity index (χ3v) is 3.97. The summed E-state index contributed by atoms with van der Waals surface area (Å²) in [6.07, 6.45) is 2.48. The molecule has 0 N–H and O–H groups in total. The molecule has 2 rings (SSSR count). The van der Waals surface area contributed by atoms with Gasteiger partial charge in [-0.25, -0.2) is 4.39 Å². The third-order valence-electron chi connectivity index (χ3n) is 2.93. The van der Waals surface area contributed by atoms with E-state index >= 15 is 0 Å². The van der Waals surface area contributed by atoms with E-state index in [1.165, 1.54) is 18.1 Å². The maximum Gasteiger partial charge on any atom is 0.240 e. The van der Waals surface area contributed by atoms with Crippen LogP contribution in [-0.2, 0) is 4.79 Å². The topological polar surface area (TPSA) is 29.5 Å². The van der Waals surface area contributed by atoms with Gasteiger partial charge in [-0.3, -0.25) is 4.79 Å². The van der Waals surface area contributed by atoms with Gasteiger partial charge in [0, 0.05) is 7.05 Å². The van der Waals surface area contributed by atoms with E-state index < -0.39 is 0 Å². The Bertz CT molecular complexity index is 516. The summed E-state index contributed by atoms with van der Waals surface area (Å²) in [5.41, 5.74) is 0.919. The van der Waals surface area contributed by atoms with Gasteiger partial charge in [-0.2, -0.15) is 0 Å². The van der Waals surface area contributed by atoms with Crippen molar-refractivity contribution in [3.8, 4) is 5.75 Å². The van der Waals surface area contributed by atoms with Crippen molar-refractivity contribution in [1.29, 1.82) is 0 Å². The van der Waals surface area contributed by atoms with Crippen LogP contribution in [0.4, 0.5) is 4.39 Å². The number of nitrogens with zero attached hydrogens (tertiary/aromatic N) is 1. The van der Waals surface area contributed by atoms with Gasteiger partial charge < -0.3 is 9.64 Å². The van der Waals surface area contributed by atoms with E-state index in [0.717, 1.165) is 0 Å². The highest BCUT2D eigenvalue weighted by atomic mass is 127. The summed E-state index contributed by atoms with van der Waals surface area (Å²) in [6.45, 7) is 0. The fourth-order valence-electron chi connectivity index (χ4n) is 1.97. The summed E-state index contributed by atoms with van der Waals surface area (Å²) in [4.78, 5) is 13.4. The second-order valence-electron chi connectivity index (χ2n) is 4.01. The van der Waals surface area contributed by atoms with Gasteiger partial charge in [-0.15, -0.1) is 0 Å². The summed E-state index contributed by atoms with van der Waals surface area (Å²) in [7, 11) is 3.15. The van der Waals surface area contributed by atoms with Crippen LogP contribution < -0.4 is 4.74 Å². The molecule has 0 spiro atoms. The molecular weight excluding hydrogens is 348 g/mol. The lowest BCUT2D eigenvalue weighted by molar-refractivity contribution is -0.126. The maximum absolute atomic E-state index is 14.0. The molecule has 0 radical (unpaired) electrons. The number of methoxy groups -OCH3 is 1. The lowest BCUT2D eigenvalue weighted by Gasteiger charge is -2.28. The second kappa shape index (κ2) is 5.26. The molecule has 1 aromatic rings. The average Bonchev–Trinajstić information content (AvgIpc) is 2.37. The van der Waals surface area contributed by atoms with Gasteiger partial charge in [0.2, 0.25) is 5.91 Å². The van der Waals surface area contributed by atoms with Crippen molar-refractivity contribution in [3.63, 3.8) is 0 Å². The summed E-state index contributed by atoms with van der Waals surface area (Å²) in [5.74, 6) is 0.0402. The van der Waals surface area contributed by atoms with Crippen LogP contribution in [0.2, 0.25) is 0 Å². The molecule has 0 saturated carbocycles. The summed E-state index contributed by atoms with van der Waals surface area (Å²) in [6, 6.07) is 4.64. The van der Waals surface area contributed by atoms with Crippen LogP contribution in [-0.4, -0.2) is 28.9 Å². The van der Waals surface area contributed by atoms with E-state index in [1.807, 2.05) is 6.08 Å². The number of benzene rings is 1. The first kappa shape index (κ1) is 13.3. The maximum atomic E-state index is 14.0. The number of alkyl halides is 1. The van der Waals surface area contributed by atoms with Crippen molar-refractivity contribution in [2.75, 3.05) is 14.2 Å². The number of amides is 1. The fourth-order valence-corrected chi connectivity index (χ4v) is 2.65. The molecule has 18 heavy (non-hydrogen) atoms. The van der Waals surface area contributed by atoms with Gasteiger partial charge in [0.1, 0.15) is 11.6 Å². The van der Waals surface area contributed by atoms with Crippen LogP contribution in [0.25, 0.3) is 5.70 Å². The minimum atomic E-state index is -0.382. The number of carbonyl (C=O) groups is 1. The largest absolute Gasteiger partial charge is 0.496 e. The van der Waals surface area contributed by atoms with Gasteiger partial charge in [-0.1, -0.05) is 34.7 Å². The molecule has 5 heteroatoms. The van der Waals surface area contributed by atoms with E-state index in [2.05, 4.69) is 22.6 Å². The highest BCUT2D eigenvalue weighted by Gasteiger charge is 2.29. The van der Waals surface area contributed by atoms with E-state index in [1.54, 1.807) is 19.2 Å². The molecule has 1 unspecified atom stereocenters. The standard InChI is InChI=1S/C13H13FINO2/c1-16-10(7-6-9(15)13(16)17)12-8(14)4-3-5-11(12)18-2/h3-5,7,9H,6H2,1-2H3. The normalized spacial score (nSPS) is 19.8. The van der Waals surface area contributed by atoms with E-state index in [0.29, 0.717) is 23.4 Å². The third kappa shape index (κ3) is 2.23. The van der Waals surface area contributed by atoms with Crippen molar-refractivity contribution in [1.82, 2.24) is 4.90 Å². The predicted molar refractivity (Wildman–Crippen MR) is 76.1 cm³/mol. The molecule has 0 fully saturated rings. The first-order valence-corrected chi connectivity index (χ1v) is 6.75. The Kier molecular flexibility index (Phi) is 3.89. The minimum absolute atomic E-state index is 0.0154. The SMILES string of the molecule is COc1cccc(F)c1C1=CCC(I)C(=O)N1C. The molecule has 0 bridgehead atoms. The van der Waals surface area contributed by atoms with E-state index in [9.17, 15) is 9.18 Å². The number of hydrogen-bond acceptors (Lipinski definition) is 2. The molecule has 1 aromatic carbocycles. The number of ether oxygens (including phenoxy) is 1. The second-order valence-corrected chi connectivity index (χ2v) is 5.51. The molecule has 1 aliphatic rings. The molecule has 1 heterocycles. The van der Waals surface area contributed by atoms with Crippen molar-refractivity contribution in [2.24, 2.45) is 0 Å². The van der Waals surface area contributed by atoms with Crippen LogP contribution >= 0.6 is 22.6 Å². The Balaban J connectivity index is 2.52. The summed E-state index contributed by atoms with van der Waals surface area (Å²) >= 11 is 2.09. The van der Waals surface area contributed by atoms with Crippen molar-refractivity contribution < 1.29 is 13.9 Å². The zero-order chi connectivity index (χ0) is 13.3. The lowest BCUT2D eigenvalue weighted by Crippen LogP contribution is -2.35.